The Morgan fingerprint density at radius 3 is 2.73 bits per heavy atom. The van der Waals surface area contributed by atoms with Gasteiger partial charge < -0.3 is 4.74 Å². The van der Waals surface area contributed by atoms with Gasteiger partial charge in [0.2, 0.25) is 0 Å². The maximum atomic E-state index is 13.0. The second-order valence-corrected chi connectivity index (χ2v) is 7.36. The molecule has 0 aliphatic carbocycles. The molecule has 0 spiro atoms. The summed E-state index contributed by atoms with van der Waals surface area (Å²) in [5, 5.41) is 0. The number of carbonyl (C=O) groups is 1. The van der Waals surface area contributed by atoms with Crippen LogP contribution in [0.15, 0.2) is 40.9 Å². The predicted octanol–water partition coefficient (Wildman–Crippen LogP) is 6.60. The first-order chi connectivity index (χ1) is 12.2. The van der Waals surface area contributed by atoms with Crippen LogP contribution in [0.3, 0.4) is 0 Å². The fraction of sp³-hybridized carbons (Fsp3) is 0.278. The number of aryl methyl sites for hydroxylation is 1. The number of hydrogen-bond donors (Lipinski definition) is 0. The molecule has 0 saturated heterocycles. The quantitative estimate of drug-likeness (QED) is 0.257. The lowest BCUT2D eigenvalue weighted by atomic mass is 10.1. The molecule has 2 rings (SSSR count). The Hall–Kier alpha value is -1.67. The van der Waals surface area contributed by atoms with Gasteiger partial charge in [0.05, 0.1) is 4.88 Å². The van der Waals surface area contributed by atoms with Crippen molar-refractivity contribution in [2.24, 2.45) is 0 Å². The summed E-state index contributed by atoms with van der Waals surface area (Å²) in [6.07, 6.45) is -3.96. The zero-order valence-corrected chi connectivity index (χ0v) is 16.1. The van der Waals surface area contributed by atoms with Gasteiger partial charge in [0.1, 0.15) is 5.75 Å². The molecule has 0 saturated carbocycles. The fourth-order valence-electron chi connectivity index (χ4n) is 2.06. The normalized spacial score (nSPS) is 12.1. The smallest absolute Gasteiger partial charge is 0.428 e. The molecule has 0 radical (unpaired) electrons. The Morgan fingerprint density at radius 1 is 1.35 bits per heavy atom. The van der Waals surface area contributed by atoms with Gasteiger partial charge in [-0.05, 0) is 52.2 Å². The Balaban J connectivity index is 2.11. The molecule has 1 heterocycles. The zero-order chi connectivity index (χ0) is 19.3. The van der Waals surface area contributed by atoms with Crippen molar-refractivity contribution >= 4 is 39.1 Å². The van der Waals surface area contributed by atoms with E-state index in [1.165, 1.54) is 29.6 Å². The third-order valence-corrected chi connectivity index (χ3v) is 5.45. The minimum atomic E-state index is -4.57. The van der Waals surface area contributed by atoms with Crippen molar-refractivity contribution in [3.63, 3.8) is 0 Å². The van der Waals surface area contributed by atoms with Crippen molar-refractivity contribution in [2.45, 2.75) is 32.3 Å². The monoisotopic (exact) mass is 450 g/mol. The average Bonchev–Trinajstić information content (AvgIpc) is 2.94. The van der Waals surface area contributed by atoms with Gasteiger partial charge in [0.25, 0.3) is 0 Å². The molecule has 0 amide bonds. The first-order valence-corrected chi connectivity index (χ1v) is 9.29. The largest absolute Gasteiger partial charge is 0.461 e. The lowest BCUT2D eigenvalue weighted by Gasteiger charge is -2.16. The Labute approximate surface area is 160 Å². The van der Waals surface area contributed by atoms with Crippen LogP contribution < -0.4 is 4.74 Å². The summed E-state index contributed by atoms with van der Waals surface area (Å²) in [7, 11) is 0. The highest BCUT2D eigenvalue weighted by atomic mass is 79.9. The molecule has 0 aliphatic rings. The van der Waals surface area contributed by atoms with Gasteiger partial charge >= 0.3 is 12.5 Å². The van der Waals surface area contributed by atoms with Crippen LogP contribution in [0, 0.1) is 0 Å². The summed E-state index contributed by atoms with van der Waals surface area (Å²) in [5.74, 6) is -0.642. The topological polar surface area (TPSA) is 26.3 Å². The molecule has 2 nitrogen and oxygen atoms in total. The van der Waals surface area contributed by atoms with E-state index in [0.717, 1.165) is 34.3 Å². The van der Waals surface area contributed by atoms with E-state index in [9.17, 15) is 22.4 Å². The van der Waals surface area contributed by atoms with Crippen LogP contribution in [0.5, 0.6) is 5.75 Å². The molecule has 0 N–H and O–H groups in total. The molecule has 0 fully saturated rings. The van der Waals surface area contributed by atoms with E-state index < -0.39 is 18.3 Å². The summed E-state index contributed by atoms with van der Waals surface area (Å²) in [6, 6.07) is 6.97. The van der Waals surface area contributed by atoms with Gasteiger partial charge in [-0.2, -0.15) is 17.6 Å². The summed E-state index contributed by atoms with van der Waals surface area (Å²) in [6.45, 7) is 2.04. The van der Waals surface area contributed by atoms with Crippen LogP contribution >= 0.6 is 27.3 Å². The zero-order valence-electron chi connectivity index (χ0n) is 13.6. The average molecular weight is 451 g/mol. The molecular weight excluding hydrogens is 436 g/mol. The van der Waals surface area contributed by atoms with E-state index in [-0.39, 0.29) is 5.78 Å². The van der Waals surface area contributed by atoms with E-state index >= 15 is 0 Å². The fourth-order valence-corrected chi connectivity index (χ4v) is 3.96. The molecule has 1 aromatic heterocycles. The van der Waals surface area contributed by atoms with E-state index in [2.05, 4.69) is 20.7 Å². The summed E-state index contributed by atoms with van der Waals surface area (Å²) < 4.78 is 55.2. The van der Waals surface area contributed by atoms with Crippen LogP contribution in [0.25, 0.3) is 6.08 Å². The lowest BCUT2D eigenvalue weighted by molar-refractivity contribution is -0.253. The highest BCUT2D eigenvalue weighted by molar-refractivity contribution is 9.10. The number of halogens is 5. The Kier molecular flexibility index (Phi) is 7.00. The highest BCUT2D eigenvalue weighted by Crippen LogP contribution is 2.30. The molecule has 140 valence electrons. The van der Waals surface area contributed by atoms with Crippen molar-refractivity contribution in [3.05, 3.63) is 56.2 Å². The molecule has 0 bridgehead atoms. The SMILES string of the molecule is CCCc1sc(C(=O)/C=C/c2cccc(OC(F)(F)C(F)F)c2)cc1Br. The number of benzene rings is 1. The maximum absolute atomic E-state index is 13.0. The molecule has 1 aromatic carbocycles. The number of thiophene rings is 1. The number of allylic oxidation sites excluding steroid dienone is 1. The number of alkyl halides is 4. The van der Waals surface area contributed by atoms with Gasteiger partial charge in [0.15, 0.2) is 5.78 Å². The van der Waals surface area contributed by atoms with Crippen molar-refractivity contribution < 1.29 is 27.1 Å². The minimum Gasteiger partial charge on any atom is -0.428 e. The van der Waals surface area contributed by atoms with E-state index in [0.29, 0.717) is 10.4 Å². The van der Waals surface area contributed by atoms with Crippen molar-refractivity contribution in [1.82, 2.24) is 0 Å². The highest BCUT2D eigenvalue weighted by Gasteiger charge is 2.43. The minimum absolute atomic E-state index is 0.234. The molecule has 0 unspecified atom stereocenters. The molecule has 26 heavy (non-hydrogen) atoms. The van der Waals surface area contributed by atoms with Gasteiger partial charge in [-0.25, -0.2) is 0 Å². The standard InChI is InChI=1S/C18H15BrF4O2S/c1-2-4-15-13(19)10-16(26-15)14(24)8-7-11-5-3-6-12(9-11)25-18(22,23)17(20)21/h3,5-10,17H,2,4H2,1H3/b8-7+. The maximum Gasteiger partial charge on any atom is 0.461 e. The number of ketones is 1. The Bertz CT molecular complexity index is 802. The van der Waals surface area contributed by atoms with Crippen LogP contribution in [-0.4, -0.2) is 18.3 Å². The molecule has 0 aliphatic heterocycles. The van der Waals surface area contributed by atoms with Gasteiger partial charge in [0, 0.05) is 9.35 Å². The van der Waals surface area contributed by atoms with Crippen LogP contribution in [0.1, 0.15) is 33.5 Å². The summed E-state index contributed by atoms with van der Waals surface area (Å²) >= 11 is 4.80. The first-order valence-electron chi connectivity index (χ1n) is 7.68. The van der Waals surface area contributed by atoms with Gasteiger partial charge in [-0.15, -0.1) is 11.3 Å². The first kappa shape index (κ1) is 20.6. The summed E-state index contributed by atoms with van der Waals surface area (Å²) in [4.78, 5) is 13.9. The van der Waals surface area contributed by atoms with Gasteiger partial charge in [-0.3, -0.25) is 4.79 Å². The molecular formula is C18H15BrF4O2S. The van der Waals surface area contributed by atoms with E-state index in [4.69, 9.17) is 0 Å². The van der Waals surface area contributed by atoms with Crippen LogP contribution in [0.4, 0.5) is 17.6 Å². The number of rotatable bonds is 8. The van der Waals surface area contributed by atoms with Crippen molar-refractivity contribution in [3.8, 4) is 5.75 Å². The van der Waals surface area contributed by atoms with Gasteiger partial charge in [-0.1, -0.05) is 31.6 Å². The lowest BCUT2D eigenvalue weighted by Crippen LogP contribution is -2.33. The van der Waals surface area contributed by atoms with Crippen LogP contribution in [-0.2, 0) is 6.42 Å². The second-order valence-electron chi connectivity index (χ2n) is 5.37. The van der Waals surface area contributed by atoms with E-state index in [1.807, 2.05) is 6.92 Å². The second kappa shape index (κ2) is 8.81. The van der Waals surface area contributed by atoms with Crippen molar-refractivity contribution in [2.75, 3.05) is 0 Å². The number of carbonyl (C=O) groups excluding carboxylic acids is 1. The van der Waals surface area contributed by atoms with Crippen LogP contribution in [0.2, 0.25) is 0 Å². The predicted molar refractivity (Wildman–Crippen MR) is 97.4 cm³/mol. The summed E-state index contributed by atoms with van der Waals surface area (Å²) in [5.41, 5.74) is 0.380. The van der Waals surface area contributed by atoms with E-state index in [1.54, 1.807) is 12.1 Å². The Morgan fingerprint density at radius 2 is 2.08 bits per heavy atom. The molecule has 8 heteroatoms. The molecule has 2 aromatic rings. The number of ether oxygens (including phenoxy) is 1. The molecule has 0 atom stereocenters. The van der Waals surface area contributed by atoms with Crippen molar-refractivity contribution in [1.29, 1.82) is 0 Å². The third kappa shape index (κ3) is 5.41. The third-order valence-electron chi connectivity index (χ3n) is 3.27. The number of hydrogen-bond acceptors (Lipinski definition) is 3.